The normalized spacial score (nSPS) is 10.7. The number of ether oxygens (including phenoxy) is 2. The minimum absolute atomic E-state index is 0.0575. The maximum atomic E-state index is 6.16. The summed E-state index contributed by atoms with van der Waals surface area (Å²) in [4.78, 5) is 0. The molecule has 0 saturated heterocycles. The molecule has 2 rings (SSSR count). The van der Waals surface area contributed by atoms with E-state index in [4.69, 9.17) is 44.1 Å². The van der Waals surface area contributed by atoms with Gasteiger partial charge in [-0.05, 0) is 37.3 Å². The minimum Gasteiger partial charge on any atom is -0.490 e. The molecular weight excluding hydrogens is 363 g/mol. The highest BCUT2D eigenvalue weighted by Gasteiger charge is 2.10. The molecular formula is C17H19Cl2N4O2+. The first kappa shape index (κ1) is 18.9. The summed E-state index contributed by atoms with van der Waals surface area (Å²) in [5.41, 5.74) is 12.0. The van der Waals surface area contributed by atoms with E-state index in [9.17, 15) is 0 Å². The van der Waals surface area contributed by atoms with E-state index in [1.165, 1.54) is 0 Å². The monoisotopic (exact) mass is 381 g/mol. The van der Waals surface area contributed by atoms with Gasteiger partial charge in [-0.2, -0.15) is 0 Å². The molecule has 0 bridgehead atoms. The third kappa shape index (κ3) is 5.55. The van der Waals surface area contributed by atoms with Crippen molar-refractivity contribution < 1.29 is 14.6 Å². The van der Waals surface area contributed by atoms with Gasteiger partial charge in [0.1, 0.15) is 6.61 Å². The van der Waals surface area contributed by atoms with Crippen LogP contribution < -0.4 is 26.0 Å². The van der Waals surface area contributed by atoms with E-state index in [0.717, 1.165) is 11.1 Å². The van der Waals surface area contributed by atoms with Crippen LogP contribution in [0.1, 0.15) is 18.1 Å². The summed E-state index contributed by atoms with van der Waals surface area (Å²) >= 11 is 12.3. The number of hydrogen-bond acceptors (Lipinski definition) is 3. The van der Waals surface area contributed by atoms with Crippen molar-refractivity contribution >= 4 is 35.4 Å². The quantitative estimate of drug-likeness (QED) is 0.386. The van der Waals surface area contributed by atoms with Crippen molar-refractivity contribution in [2.24, 2.45) is 16.6 Å². The largest absolute Gasteiger partial charge is 0.490 e. The summed E-state index contributed by atoms with van der Waals surface area (Å²) in [5, 5.41) is 7.43. The van der Waals surface area contributed by atoms with E-state index in [-0.39, 0.29) is 12.6 Å². The van der Waals surface area contributed by atoms with E-state index in [2.05, 4.69) is 10.2 Å². The molecule has 0 amide bonds. The van der Waals surface area contributed by atoms with Crippen molar-refractivity contribution in [2.75, 3.05) is 6.61 Å². The van der Waals surface area contributed by atoms with Crippen LogP contribution >= 0.6 is 23.2 Å². The van der Waals surface area contributed by atoms with Crippen LogP contribution in [0.25, 0.3) is 0 Å². The Labute approximate surface area is 156 Å². The minimum atomic E-state index is -0.0575. The fourth-order valence-corrected chi connectivity index (χ4v) is 2.51. The van der Waals surface area contributed by atoms with Gasteiger partial charge < -0.3 is 20.9 Å². The molecule has 0 saturated carbocycles. The first-order valence-electron chi connectivity index (χ1n) is 7.51. The number of halogens is 2. The molecule has 0 atom stereocenters. The molecule has 0 unspecified atom stereocenters. The van der Waals surface area contributed by atoms with Crippen molar-refractivity contribution in [1.29, 1.82) is 0 Å². The van der Waals surface area contributed by atoms with Gasteiger partial charge in [0.25, 0.3) is 5.96 Å². The first-order chi connectivity index (χ1) is 12.0. The van der Waals surface area contributed by atoms with Crippen LogP contribution in [0.5, 0.6) is 11.5 Å². The lowest BCUT2D eigenvalue weighted by atomic mass is 10.2. The van der Waals surface area contributed by atoms with Crippen LogP contribution in [0.2, 0.25) is 10.0 Å². The second kappa shape index (κ2) is 9.15. The van der Waals surface area contributed by atoms with Crippen LogP contribution in [0.3, 0.4) is 0 Å². The molecule has 0 radical (unpaired) electrons. The molecule has 0 aromatic heterocycles. The molecule has 0 aliphatic carbocycles. The predicted octanol–water partition coefficient (Wildman–Crippen LogP) is 1.66. The second-order valence-corrected chi connectivity index (χ2v) is 5.75. The molecule has 0 spiro atoms. The van der Waals surface area contributed by atoms with Crippen LogP contribution in [-0.4, -0.2) is 18.8 Å². The molecule has 0 aliphatic heterocycles. The van der Waals surface area contributed by atoms with Gasteiger partial charge in [0.15, 0.2) is 11.5 Å². The third-order valence-corrected chi connectivity index (χ3v) is 3.83. The van der Waals surface area contributed by atoms with Gasteiger partial charge in [-0.15, -0.1) is 5.10 Å². The summed E-state index contributed by atoms with van der Waals surface area (Å²) in [6, 6.07) is 10.8. The molecule has 5 N–H and O–H groups in total. The summed E-state index contributed by atoms with van der Waals surface area (Å²) in [5.74, 6) is 1.11. The van der Waals surface area contributed by atoms with E-state index < -0.39 is 0 Å². The van der Waals surface area contributed by atoms with Gasteiger partial charge in [0.05, 0.1) is 6.61 Å². The van der Waals surface area contributed by atoms with Crippen LogP contribution in [0.15, 0.2) is 41.5 Å². The molecule has 0 aliphatic rings. The fraction of sp³-hybridized carbons (Fsp3) is 0.176. The Bertz CT molecular complexity index is 770. The number of nitrogens with zero attached hydrogens (tertiary/aromatic N) is 1. The highest BCUT2D eigenvalue weighted by atomic mass is 35.5. The molecule has 25 heavy (non-hydrogen) atoms. The zero-order valence-corrected chi connectivity index (χ0v) is 15.1. The number of nitrogens with one attached hydrogen (secondary N) is 1. The average molecular weight is 382 g/mol. The maximum Gasteiger partial charge on any atom is 0.256 e. The van der Waals surface area contributed by atoms with E-state index >= 15 is 0 Å². The predicted molar refractivity (Wildman–Crippen MR) is 100 cm³/mol. The smallest absolute Gasteiger partial charge is 0.256 e. The van der Waals surface area contributed by atoms with Crippen molar-refractivity contribution in [1.82, 2.24) is 0 Å². The molecule has 2 aromatic rings. The van der Waals surface area contributed by atoms with Crippen LogP contribution in [0.4, 0.5) is 0 Å². The Balaban J connectivity index is 2.19. The van der Waals surface area contributed by atoms with Crippen LogP contribution in [0, 0.1) is 0 Å². The first-order valence-corrected chi connectivity index (χ1v) is 8.26. The molecule has 0 heterocycles. The molecule has 6 nitrogen and oxygen atoms in total. The maximum absolute atomic E-state index is 6.16. The molecule has 2 aromatic carbocycles. The van der Waals surface area contributed by atoms with Gasteiger partial charge in [0, 0.05) is 26.3 Å². The molecule has 132 valence electrons. The zero-order valence-electron chi connectivity index (χ0n) is 13.6. The number of rotatable bonds is 7. The number of guanidine groups is 1. The Morgan fingerprint density at radius 3 is 2.48 bits per heavy atom. The van der Waals surface area contributed by atoms with Crippen molar-refractivity contribution in [2.45, 2.75) is 13.5 Å². The molecule has 8 heteroatoms. The number of hydrogen-bond donors (Lipinski definition) is 3. The topological polar surface area (TPSA) is 96.8 Å². The summed E-state index contributed by atoms with van der Waals surface area (Å²) in [6.45, 7) is 2.62. The lowest BCUT2D eigenvalue weighted by Gasteiger charge is -2.13. The second-order valence-electron chi connectivity index (χ2n) is 4.94. The standard InChI is InChI=1S/C17H18Cl2N4O2/c1-2-24-16-8-11(9-22-23-17(20)21)6-7-15(16)25-10-12-13(18)4-3-5-14(12)19/h3-9H,2,10H2,1H3,(H4,20,21,23)/p+1/b22-9-. The summed E-state index contributed by atoms with van der Waals surface area (Å²) in [6.07, 6.45) is 1.64. The van der Waals surface area contributed by atoms with Gasteiger partial charge >= 0.3 is 0 Å². The number of benzene rings is 2. The fourth-order valence-electron chi connectivity index (χ4n) is 2.00. The Kier molecular flexibility index (Phi) is 6.91. The number of hydrazone groups is 1. The SMILES string of the molecule is CCOc1cc(/C=[NH+]\N=C(N)N)ccc1OCc1c(Cl)cccc1Cl. The average Bonchev–Trinajstić information content (AvgIpc) is 2.56. The third-order valence-electron chi connectivity index (χ3n) is 3.13. The van der Waals surface area contributed by atoms with Crippen LogP contribution in [-0.2, 0) is 6.61 Å². The van der Waals surface area contributed by atoms with Gasteiger partial charge in [-0.1, -0.05) is 29.3 Å². The van der Waals surface area contributed by atoms with Gasteiger partial charge in [-0.3, -0.25) is 0 Å². The van der Waals surface area contributed by atoms with E-state index in [1.54, 1.807) is 30.5 Å². The van der Waals surface area contributed by atoms with Crippen molar-refractivity contribution in [3.63, 3.8) is 0 Å². The summed E-state index contributed by atoms with van der Waals surface area (Å²) < 4.78 is 11.5. The Hall–Kier alpha value is -2.44. The van der Waals surface area contributed by atoms with Gasteiger partial charge in [-0.25, -0.2) is 0 Å². The summed E-state index contributed by atoms with van der Waals surface area (Å²) in [7, 11) is 0. The highest BCUT2D eigenvalue weighted by molar-refractivity contribution is 6.35. The highest BCUT2D eigenvalue weighted by Crippen LogP contribution is 2.31. The zero-order chi connectivity index (χ0) is 18.2. The Morgan fingerprint density at radius 2 is 1.84 bits per heavy atom. The van der Waals surface area contributed by atoms with Crippen molar-refractivity contribution in [3.05, 3.63) is 57.6 Å². The van der Waals surface area contributed by atoms with Crippen molar-refractivity contribution in [3.8, 4) is 11.5 Å². The lowest BCUT2D eigenvalue weighted by molar-refractivity contribution is -0.456. The molecule has 0 fully saturated rings. The van der Waals surface area contributed by atoms with E-state index in [0.29, 0.717) is 28.2 Å². The lowest BCUT2D eigenvalue weighted by Crippen LogP contribution is -2.63. The van der Waals surface area contributed by atoms with Gasteiger partial charge in [0.2, 0.25) is 6.21 Å². The number of nitrogens with two attached hydrogens (primary N) is 2. The van der Waals surface area contributed by atoms with E-state index in [1.807, 2.05) is 19.1 Å². The Morgan fingerprint density at radius 1 is 1.12 bits per heavy atom.